The van der Waals surface area contributed by atoms with Gasteiger partial charge in [-0.3, -0.25) is 0 Å². The van der Waals surface area contributed by atoms with Gasteiger partial charge >= 0.3 is 0 Å². The zero-order valence-electron chi connectivity index (χ0n) is 16.9. The van der Waals surface area contributed by atoms with Crippen LogP contribution in [0.5, 0.6) is 5.75 Å². The van der Waals surface area contributed by atoms with Crippen molar-refractivity contribution < 1.29 is 4.74 Å². The number of aromatic nitrogens is 1. The zero-order chi connectivity index (χ0) is 19.3. The Morgan fingerprint density at radius 3 is 2.82 bits per heavy atom. The van der Waals surface area contributed by atoms with Crippen LogP contribution in [0.15, 0.2) is 53.6 Å². The minimum Gasteiger partial charge on any atom is -0.497 e. The van der Waals surface area contributed by atoms with Crippen LogP contribution >= 0.6 is 11.8 Å². The van der Waals surface area contributed by atoms with Crippen molar-refractivity contribution in [3.63, 3.8) is 0 Å². The summed E-state index contributed by atoms with van der Waals surface area (Å²) >= 11 is 1.82. The molecule has 0 bridgehead atoms. The quantitative estimate of drug-likeness (QED) is 0.509. The van der Waals surface area contributed by atoms with Crippen molar-refractivity contribution in [1.82, 2.24) is 9.88 Å². The first-order valence-corrected chi connectivity index (χ1v) is 11.5. The van der Waals surface area contributed by atoms with E-state index in [1.165, 1.54) is 59.3 Å². The molecule has 1 atom stereocenters. The molecule has 0 radical (unpaired) electrons. The molecule has 0 aliphatic carbocycles. The van der Waals surface area contributed by atoms with E-state index in [1.807, 2.05) is 11.8 Å². The Labute approximate surface area is 172 Å². The molecule has 2 aromatic carbocycles. The summed E-state index contributed by atoms with van der Waals surface area (Å²) in [6.07, 6.45) is 10.5. The molecule has 1 aromatic heterocycles. The number of ether oxygens (including phenoxy) is 1. The summed E-state index contributed by atoms with van der Waals surface area (Å²) in [4.78, 5) is 7.52. The molecule has 1 fully saturated rings. The Bertz CT molecular complexity index is 903. The van der Waals surface area contributed by atoms with Gasteiger partial charge in [0.1, 0.15) is 5.75 Å². The van der Waals surface area contributed by atoms with Crippen LogP contribution in [0.25, 0.3) is 10.9 Å². The van der Waals surface area contributed by atoms with Crippen LogP contribution in [0.3, 0.4) is 0 Å². The van der Waals surface area contributed by atoms with Gasteiger partial charge in [0.2, 0.25) is 0 Å². The Hall–Kier alpha value is -1.91. The highest BCUT2D eigenvalue weighted by Crippen LogP contribution is 2.28. The highest BCUT2D eigenvalue weighted by Gasteiger charge is 2.25. The van der Waals surface area contributed by atoms with E-state index < -0.39 is 0 Å². The van der Waals surface area contributed by atoms with Gasteiger partial charge in [0, 0.05) is 28.0 Å². The van der Waals surface area contributed by atoms with Gasteiger partial charge in [-0.2, -0.15) is 0 Å². The monoisotopic (exact) mass is 394 g/mol. The van der Waals surface area contributed by atoms with Gasteiger partial charge in [-0.1, -0.05) is 12.1 Å². The van der Waals surface area contributed by atoms with Gasteiger partial charge in [-0.15, -0.1) is 11.8 Å². The number of nitrogens with zero attached hydrogens (tertiary/aromatic N) is 1. The number of benzene rings is 2. The summed E-state index contributed by atoms with van der Waals surface area (Å²) in [5.41, 5.74) is 4.13. The first-order chi connectivity index (χ1) is 13.8. The number of rotatable bonds is 8. The second kappa shape index (κ2) is 9.06. The predicted octanol–water partition coefficient (Wildman–Crippen LogP) is 5.54. The van der Waals surface area contributed by atoms with E-state index in [4.69, 9.17) is 4.74 Å². The third-order valence-electron chi connectivity index (χ3n) is 6.00. The maximum atomic E-state index is 5.25. The highest BCUT2D eigenvalue weighted by molar-refractivity contribution is 7.98. The molecule has 3 aromatic rings. The molecular formula is C24H30N2OS. The van der Waals surface area contributed by atoms with E-state index in [0.717, 1.165) is 18.6 Å². The van der Waals surface area contributed by atoms with Crippen LogP contribution in [0, 0.1) is 0 Å². The molecule has 1 unspecified atom stereocenters. The lowest BCUT2D eigenvalue weighted by molar-refractivity contribution is 0.250. The maximum absolute atomic E-state index is 5.25. The fourth-order valence-electron chi connectivity index (χ4n) is 4.41. The average molecular weight is 395 g/mol. The smallest absolute Gasteiger partial charge is 0.118 e. The molecule has 1 aliphatic rings. The molecule has 1 N–H and O–H groups in total. The molecular weight excluding hydrogens is 364 g/mol. The van der Waals surface area contributed by atoms with Crippen LogP contribution in [-0.2, 0) is 12.8 Å². The first-order valence-electron chi connectivity index (χ1n) is 10.3. The van der Waals surface area contributed by atoms with Crippen molar-refractivity contribution in [1.29, 1.82) is 0 Å². The average Bonchev–Trinajstić information content (AvgIpc) is 3.35. The number of nitrogens with one attached hydrogen (secondary N) is 1. The number of hydrogen-bond donors (Lipinski definition) is 1. The van der Waals surface area contributed by atoms with Crippen molar-refractivity contribution in [3.05, 3.63) is 59.8 Å². The summed E-state index contributed by atoms with van der Waals surface area (Å²) in [5.74, 6) is 0.937. The van der Waals surface area contributed by atoms with Crippen LogP contribution in [0.2, 0.25) is 0 Å². The summed E-state index contributed by atoms with van der Waals surface area (Å²) in [6.45, 7) is 2.43. The number of aromatic amines is 1. The lowest BCUT2D eigenvalue weighted by atomic mass is 10.0. The maximum Gasteiger partial charge on any atom is 0.118 e. The number of hydrogen-bond acceptors (Lipinski definition) is 3. The largest absolute Gasteiger partial charge is 0.497 e. The van der Waals surface area contributed by atoms with E-state index in [9.17, 15) is 0 Å². The molecule has 0 spiro atoms. The van der Waals surface area contributed by atoms with E-state index in [-0.39, 0.29) is 0 Å². The normalized spacial score (nSPS) is 17.4. The lowest BCUT2D eigenvalue weighted by Gasteiger charge is -2.24. The molecule has 2 heterocycles. The summed E-state index contributed by atoms with van der Waals surface area (Å²) in [6, 6.07) is 15.9. The Morgan fingerprint density at radius 2 is 2.04 bits per heavy atom. The standard InChI is InChI=1S/C24H30N2OS/c1-27-21-9-7-18(8-10-21)5-3-13-26-14-4-6-20(26)15-19-17-25-24-12-11-22(28-2)16-23(19)24/h7-12,16-17,20,25H,3-6,13-15H2,1-2H3. The second-order valence-corrected chi connectivity index (χ2v) is 8.59. The summed E-state index contributed by atoms with van der Waals surface area (Å²) < 4.78 is 5.25. The molecule has 0 saturated carbocycles. The minimum absolute atomic E-state index is 0.674. The lowest BCUT2D eigenvalue weighted by Crippen LogP contribution is -2.32. The Morgan fingerprint density at radius 1 is 1.18 bits per heavy atom. The van der Waals surface area contributed by atoms with Crippen LogP contribution in [0.4, 0.5) is 0 Å². The highest BCUT2D eigenvalue weighted by atomic mass is 32.2. The SMILES string of the molecule is COc1ccc(CCCN2CCCC2Cc2c[nH]c3ccc(SC)cc23)cc1. The number of fused-ring (bicyclic) bond motifs is 1. The number of methoxy groups -OCH3 is 1. The van der Waals surface area contributed by atoms with Gasteiger partial charge in [-0.25, -0.2) is 0 Å². The Kier molecular flexibility index (Phi) is 6.28. The predicted molar refractivity (Wildman–Crippen MR) is 120 cm³/mol. The molecule has 4 rings (SSSR count). The van der Waals surface area contributed by atoms with E-state index in [2.05, 4.69) is 64.8 Å². The second-order valence-electron chi connectivity index (χ2n) is 7.71. The van der Waals surface area contributed by atoms with Crippen molar-refractivity contribution >= 4 is 22.7 Å². The zero-order valence-corrected chi connectivity index (χ0v) is 17.7. The van der Waals surface area contributed by atoms with Crippen molar-refractivity contribution in [2.75, 3.05) is 26.5 Å². The third-order valence-corrected chi connectivity index (χ3v) is 6.72. The van der Waals surface area contributed by atoms with Gasteiger partial charge in [0.15, 0.2) is 0 Å². The molecule has 28 heavy (non-hydrogen) atoms. The van der Waals surface area contributed by atoms with Crippen molar-refractivity contribution in [2.45, 2.75) is 43.0 Å². The number of likely N-dealkylation sites (tertiary alicyclic amines) is 1. The summed E-state index contributed by atoms with van der Waals surface area (Å²) in [7, 11) is 1.72. The molecule has 1 aliphatic heterocycles. The van der Waals surface area contributed by atoms with Crippen molar-refractivity contribution in [2.24, 2.45) is 0 Å². The molecule has 0 amide bonds. The fourth-order valence-corrected chi connectivity index (χ4v) is 4.85. The fraction of sp³-hybridized carbons (Fsp3) is 0.417. The van der Waals surface area contributed by atoms with E-state index >= 15 is 0 Å². The van der Waals surface area contributed by atoms with Crippen LogP contribution < -0.4 is 4.74 Å². The molecule has 4 heteroatoms. The van der Waals surface area contributed by atoms with Crippen LogP contribution in [-0.4, -0.2) is 42.4 Å². The topological polar surface area (TPSA) is 28.3 Å². The molecule has 3 nitrogen and oxygen atoms in total. The third kappa shape index (κ3) is 4.39. The number of H-pyrrole nitrogens is 1. The minimum atomic E-state index is 0.674. The van der Waals surface area contributed by atoms with E-state index in [1.54, 1.807) is 7.11 Å². The number of aryl methyl sites for hydroxylation is 1. The van der Waals surface area contributed by atoms with E-state index in [0.29, 0.717) is 6.04 Å². The molecule has 1 saturated heterocycles. The Balaban J connectivity index is 1.35. The van der Waals surface area contributed by atoms with Crippen molar-refractivity contribution in [3.8, 4) is 5.75 Å². The van der Waals surface area contributed by atoms with Gasteiger partial charge in [0.05, 0.1) is 7.11 Å². The van der Waals surface area contributed by atoms with Gasteiger partial charge in [-0.05, 0) is 92.9 Å². The summed E-state index contributed by atoms with van der Waals surface area (Å²) in [5, 5.41) is 1.40. The number of thioether (sulfide) groups is 1. The van der Waals surface area contributed by atoms with Crippen LogP contribution in [0.1, 0.15) is 30.4 Å². The first kappa shape index (κ1) is 19.4. The molecule has 148 valence electrons. The van der Waals surface area contributed by atoms with Gasteiger partial charge < -0.3 is 14.6 Å². The van der Waals surface area contributed by atoms with Gasteiger partial charge in [0.25, 0.3) is 0 Å².